The first-order chi connectivity index (χ1) is 19.8. The van der Waals surface area contributed by atoms with Crippen molar-refractivity contribution in [3.8, 4) is 11.5 Å². The van der Waals surface area contributed by atoms with Crippen molar-refractivity contribution in [2.24, 2.45) is 5.92 Å². The van der Waals surface area contributed by atoms with Gasteiger partial charge in [-0.05, 0) is 62.6 Å². The van der Waals surface area contributed by atoms with Gasteiger partial charge in [0.1, 0.15) is 11.5 Å². The van der Waals surface area contributed by atoms with Crippen LogP contribution in [-0.2, 0) is 9.59 Å². The fourth-order valence-corrected chi connectivity index (χ4v) is 7.65. The predicted molar refractivity (Wildman–Crippen MR) is 155 cm³/mol. The van der Waals surface area contributed by atoms with Gasteiger partial charge in [0, 0.05) is 36.8 Å². The summed E-state index contributed by atoms with van der Waals surface area (Å²) >= 11 is 1.40. The monoisotopic (exact) mass is 577 g/mol. The number of urea groups is 1. The van der Waals surface area contributed by atoms with E-state index < -0.39 is 11.8 Å². The average molecular weight is 578 g/mol. The molecular formula is C30H32FN5O4S. The number of para-hydroxylation sites is 1. The maximum absolute atomic E-state index is 15.7. The van der Waals surface area contributed by atoms with Gasteiger partial charge in [0.25, 0.3) is 5.91 Å². The number of hydrogen-bond acceptors (Lipinski definition) is 6. The van der Waals surface area contributed by atoms with Gasteiger partial charge in [-0.2, -0.15) is 0 Å². The number of likely N-dealkylation sites (tertiary alicyclic amines) is 1. The first kappa shape index (κ1) is 27.3. The fourth-order valence-electron chi connectivity index (χ4n) is 6.25. The fraction of sp³-hybridized carbons (Fsp3) is 0.367. The largest absolute Gasteiger partial charge is 0.457 e. The van der Waals surface area contributed by atoms with Gasteiger partial charge in [-0.3, -0.25) is 14.5 Å². The third kappa shape index (κ3) is 5.19. The molecule has 2 aromatic rings. The van der Waals surface area contributed by atoms with Crippen molar-refractivity contribution in [1.29, 1.82) is 0 Å². The number of nitrogens with zero attached hydrogens (tertiary/aromatic N) is 2. The number of nitrogens with one attached hydrogen (secondary N) is 3. The van der Waals surface area contributed by atoms with E-state index in [4.69, 9.17) is 4.74 Å². The summed E-state index contributed by atoms with van der Waals surface area (Å²) in [5, 5.41) is 9.34. The molecule has 0 spiro atoms. The second-order valence-corrected chi connectivity index (χ2v) is 11.9. The van der Waals surface area contributed by atoms with Crippen LogP contribution in [0.4, 0.5) is 14.9 Å². The Morgan fingerprint density at radius 2 is 2.00 bits per heavy atom. The molecule has 0 bridgehead atoms. The SMILES string of the molecule is C=CC(=O)N1CCC[C@@H](NC(=O)C2=C3NC(=O)N(c4c(C)cc(Oc5ccccc5)cc4F)C4CCNC(S2)C34)C1. The summed E-state index contributed by atoms with van der Waals surface area (Å²) in [5.74, 6) is -0.239. The number of halogens is 1. The summed E-state index contributed by atoms with van der Waals surface area (Å²) in [6.45, 7) is 7.00. The molecule has 3 N–H and O–H groups in total. The molecule has 0 saturated carbocycles. The topological polar surface area (TPSA) is 103 Å². The Bertz CT molecular complexity index is 1410. The lowest BCUT2D eigenvalue weighted by Gasteiger charge is -2.46. The highest BCUT2D eigenvalue weighted by atomic mass is 32.2. The Morgan fingerprint density at radius 3 is 2.76 bits per heavy atom. The molecule has 3 saturated heterocycles. The maximum Gasteiger partial charge on any atom is 0.326 e. The van der Waals surface area contributed by atoms with E-state index in [9.17, 15) is 14.4 Å². The van der Waals surface area contributed by atoms with Crippen molar-refractivity contribution < 1.29 is 23.5 Å². The van der Waals surface area contributed by atoms with E-state index in [1.54, 1.807) is 30.0 Å². The van der Waals surface area contributed by atoms with Crippen LogP contribution in [0.3, 0.4) is 0 Å². The van der Waals surface area contributed by atoms with Gasteiger partial charge < -0.3 is 25.6 Å². The number of aryl methyl sites for hydroxylation is 1. The minimum absolute atomic E-state index is 0.137. The highest BCUT2D eigenvalue weighted by molar-refractivity contribution is 8.04. The smallest absolute Gasteiger partial charge is 0.326 e. The molecule has 0 aromatic heterocycles. The molecule has 0 radical (unpaired) electrons. The minimum atomic E-state index is -0.548. The van der Waals surface area contributed by atoms with Gasteiger partial charge in [-0.1, -0.05) is 36.5 Å². The lowest BCUT2D eigenvalue weighted by molar-refractivity contribution is -0.128. The molecule has 4 heterocycles. The molecule has 11 heteroatoms. The minimum Gasteiger partial charge on any atom is -0.457 e. The normalized spacial score (nSPS) is 25.4. The number of anilines is 1. The molecule has 2 aromatic carbocycles. The van der Waals surface area contributed by atoms with Crippen molar-refractivity contribution in [2.75, 3.05) is 24.5 Å². The summed E-state index contributed by atoms with van der Waals surface area (Å²) < 4.78 is 21.5. The van der Waals surface area contributed by atoms with Crippen molar-refractivity contribution in [3.63, 3.8) is 0 Å². The molecule has 0 aliphatic carbocycles. The molecule has 4 atom stereocenters. The van der Waals surface area contributed by atoms with Crippen LogP contribution in [0, 0.1) is 18.7 Å². The van der Waals surface area contributed by atoms with Crippen LogP contribution in [0.1, 0.15) is 24.8 Å². The number of amides is 4. The number of ether oxygens (including phenoxy) is 1. The Kier molecular flexibility index (Phi) is 7.48. The second kappa shape index (κ2) is 11.2. The second-order valence-electron chi connectivity index (χ2n) is 10.7. The molecule has 4 aliphatic rings. The molecule has 4 amide bonds. The third-order valence-electron chi connectivity index (χ3n) is 8.04. The number of carbonyl (C=O) groups is 3. The Hall–Kier alpha value is -3.83. The molecule has 41 heavy (non-hydrogen) atoms. The predicted octanol–water partition coefficient (Wildman–Crippen LogP) is 4.01. The van der Waals surface area contributed by atoms with Crippen LogP contribution in [0.25, 0.3) is 0 Å². The number of benzene rings is 2. The first-order valence-electron chi connectivity index (χ1n) is 13.8. The van der Waals surface area contributed by atoms with Crippen LogP contribution in [0.2, 0.25) is 0 Å². The number of hydrogen-bond donors (Lipinski definition) is 3. The van der Waals surface area contributed by atoms with Gasteiger partial charge in [-0.15, -0.1) is 0 Å². The van der Waals surface area contributed by atoms with Crippen LogP contribution in [0.15, 0.2) is 65.7 Å². The van der Waals surface area contributed by atoms with E-state index in [2.05, 4.69) is 22.5 Å². The maximum atomic E-state index is 15.7. The number of rotatable bonds is 6. The zero-order chi connectivity index (χ0) is 28.7. The number of piperidine rings is 2. The molecule has 214 valence electrons. The van der Waals surface area contributed by atoms with Gasteiger partial charge in [0.15, 0.2) is 5.82 Å². The summed E-state index contributed by atoms with van der Waals surface area (Å²) in [4.78, 5) is 42.8. The first-order valence-corrected chi connectivity index (χ1v) is 14.7. The van der Waals surface area contributed by atoms with E-state index in [0.717, 1.165) is 12.8 Å². The van der Waals surface area contributed by atoms with E-state index >= 15 is 4.39 Å². The Balaban J connectivity index is 1.24. The lowest BCUT2D eigenvalue weighted by Crippen LogP contribution is -2.62. The number of thioether (sulfide) groups is 1. The van der Waals surface area contributed by atoms with E-state index in [0.29, 0.717) is 53.7 Å². The molecule has 6 rings (SSSR count). The summed E-state index contributed by atoms with van der Waals surface area (Å²) in [6, 6.07) is 11.2. The highest BCUT2D eigenvalue weighted by Crippen LogP contribution is 2.48. The molecule has 3 unspecified atom stereocenters. The van der Waals surface area contributed by atoms with Gasteiger partial charge in [-0.25, -0.2) is 9.18 Å². The average Bonchev–Trinajstić information content (AvgIpc) is 3.34. The van der Waals surface area contributed by atoms with Gasteiger partial charge in [0.2, 0.25) is 5.91 Å². The zero-order valence-electron chi connectivity index (χ0n) is 22.7. The van der Waals surface area contributed by atoms with Crippen molar-refractivity contribution in [2.45, 2.75) is 43.6 Å². The summed E-state index contributed by atoms with van der Waals surface area (Å²) in [5.41, 5.74) is 1.37. The quantitative estimate of drug-likeness (QED) is 0.449. The Labute approximate surface area is 242 Å². The summed E-state index contributed by atoms with van der Waals surface area (Å²) in [7, 11) is 0. The Morgan fingerprint density at radius 1 is 1.20 bits per heavy atom. The zero-order valence-corrected chi connectivity index (χ0v) is 23.5. The van der Waals surface area contributed by atoms with E-state index in [-0.39, 0.29) is 40.9 Å². The van der Waals surface area contributed by atoms with E-state index in [1.807, 2.05) is 18.2 Å². The third-order valence-corrected chi connectivity index (χ3v) is 9.39. The van der Waals surface area contributed by atoms with Crippen LogP contribution in [-0.4, -0.2) is 59.8 Å². The van der Waals surface area contributed by atoms with Crippen LogP contribution < -0.4 is 25.6 Å². The van der Waals surface area contributed by atoms with E-state index in [1.165, 1.54) is 28.8 Å². The lowest BCUT2D eigenvalue weighted by atomic mass is 9.86. The van der Waals surface area contributed by atoms with Gasteiger partial charge >= 0.3 is 6.03 Å². The van der Waals surface area contributed by atoms with Crippen LogP contribution >= 0.6 is 11.8 Å². The molecular weight excluding hydrogens is 545 g/mol. The molecule has 3 fully saturated rings. The van der Waals surface area contributed by atoms with Crippen molar-refractivity contribution >= 4 is 35.3 Å². The summed E-state index contributed by atoms with van der Waals surface area (Å²) in [6.07, 6.45) is 3.44. The standard InChI is InChI=1S/C30H32FN5O4S/c1-3-23(37)35-13-7-8-18(16-35)33-28(38)27-25-24-22(11-12-32-29(24)41-27)36(30(39)34-25)26-17(2)14-20(15-21(26)31)40-19-9-5-4-6-10-19/h3-6,9-10,14-15,18,22,24,29,32H,1,7-8,11-13,16H2,2H3,(H,33,38)(H,34,39)/t18-,22?,24?,29?/m1/s1. The van der Waals surface area contributed by atoms with Crippen LogP contribution in [0.5, 0.6) is 11.5 Å². The highest BCUT2D eigenvalue weighted by Gasteiger charge is 2.52. The van der Waals surface area contributed by atoms with Crippen molar-refractivity contribution in [3.05, 3.63) is 77.1 Å². The molecule has 9 nitrogen and oxygen atoms in total. The van der Waals surface area contributed by atoms with Crippen molar-refractivity contribution in [1.82, 2.24) is 20.9 Å². The number of carbonyl (C=O) groups excluding carboxylic acids is 3. The van der Waals surface area contributed by atoms with Gasteiger partial charge in [0.05, 0.1) is 22.0 Å². The molecule has 4 aliphatic heterocycles.